The minimum atomic E-state index is -1.16. The van der Waals surface area contributed by atoms with Crippen molar-refractivity contribution in [3.05, 3.63) is 95.6 Å². The molecule has 4 rings (SSSR count). The first-order valence-electron chi connectivity index (χ1n) is 11.3. The first-order valence-corrected chi connectivity index (χ1v) is 11.3. The SMILES string of the molecule is CCN1CC(=O)Nc2ccccc2C(=O)Nc2ccccc2C(=O)OC(Cc2ccccc2)C1=O. The van der Waals surface area contributed by atoms with E-state index in [2.05, 4.69) is 10.6 Å². The zero-order chi connectivity index (χ0) is 24.8. The molecule has 3 aromatic rings. The van der Waals surface area contributed by atoms with Gasteiger partial charge in [0.15, 0.2) is 6.10 Å². The van der Waals surface area contributed by atoms with Crippen molar-refractivity contribution < 1.29 is 23.9 Å². The molecule has 1 atom stereocenters. The summed E-state index contributed by atoms with van der Waals surface area (Å²) in [7, 11) is 0. The molecule has 35 heavy (non-hydrogen) atoms. The van der Waals surface area contributed by atoms with E-state index in [0.717, 1.165) is 5.56 Å². The van der Waals surface area contributed by atoms with Gasteiger partial charge in [0.25, 0.3) is 11.8 Å². The van der Waals surface area contributed by atoms with Crippen LogP contribution in [0, 0.1) is 0 Å². The maximum atomic E-state index is 13.5. The molecule has 0 aromatic heterocycles. The lowest BCUT2D eigenvalue weighted by molar-refractivity contribution is -0.142. The van der Waals surface area contributed by atoms with Gasteiger partial charge < -0.3 is 20.3 Å². The molecule has 1 unspecified atom stereocenters. The number of para-hydroxylation sites is 2. The van der Waals surface area contributed by atoms with E-state index in [1.807, 2.05) is 30.3 Å². The van der Waals surface area contributed by atoms with Crippen molar-refractivity contribution in [2.45, 2.75) is 19.4 Å². The van der Waals surface area contributed by atoms with Crippen molar-refractivity contribution in [3.63, 3.8) is 0 Å². The molecule has 0 spiro atoms. The predicted molar refractivity (Wildman–Crippen MR) is 131 cm³/mol. The maximum Gasteiger partial charge on any atom is 0.341 e. The summed E-state index contributed by atoms with van der Waals surface area (Å²) in [6.07, 6.45) is -1.02. The fourth-order valence-corrected chi connectivity index (χ4v) is 3.86. The Bertz CT molecular complexity index is 1260. The highest BCUT2D eigenvalue weighted by Crippen LogP contribution is 2.22. The molecule has 1 heterocycles. The summed E-state index contributed by atoms with van der Waals surface area (Å²) < 4.78 is 5.70. The number of fused-ring (bicyclic) bond motifs is 2. The van der Waals surface area contributed by atoms with Crippen molar-refractivity contribution in [2.24, 2.45) is 0 Å². The largest absolute Gasteiger partial charge is 0.448 e. The van der Waals surface area contributed by atoms with Crippen LogP contribution in [0.5, 0.6) is 0 Å². The van der Waals surface area contributed by atoms with Gasteiger partial charge in [0, 0.05) is 13.0 Å². The molecule has 0 saturated carbocycles. The third-order valence-corrected chi connectivity index (χ3v) is 5.66. The Morgan fingerprint density at radius 1 is 0.800 bits per heavy atom. The van der Waals surface area contributed by atoms with Crippen LogP contribution < -0.4 is 10.6 Å². The van der Waals surface area contributed by atoms with E-state index < -0.39 is 29.8 Å². The third kappa shape index (κ3) is 5.55. The monoisotopic (exact) mass is 471 g/mol. The van der Waals surface area contributed by atoms with Crippen LogP contribution >= 0.6 is 0 Å². The molecular formula is C27H25N3O5. The lowest BCUT2D eigenvalue weighted by Gasteiger charge is -2.27. The van der Waals surface area contributed by atoms with E-state index in [1.165, 1.54) is 11.0 Å². The highest BCUT2D eigenvalue weighted by molar-refractivity contribution is 6.12. The van der Waals surface area contributed by atoms with Gasteiger partial charge in [0.2, 0.25) is 5.91 Å². The van der Waals surface area contributed by atoms with Crippen molar-refractivity contribution in [2.75, 3.05) is 23.7 Å². The van der Waals surface area contributed by atoms with Gasteiger partial charge in [-0.05, 0) is 36.8 Å². The molecule has 178 valence electrons. The van der Waals surface area contributed by atoms with Crippen molar-refractivity contribution in [3.8, 4) is 0 Å². The van der Waals surface area contributed by atoms with Crippen LogP contribution in [0.2, 0.25) is 0 Å². The Kier molecular flexibility index (Phi) is 7.21. The number of likely N-dealkylation sites (N-methyl/N-ethyl adjacent to an activating group) is 1. The molecule has 3 aromatic carbocycles. The second-order valence-corrected chi connectivity index (χ2v) is 8.03. The number of amides is 3. The van der Waals surface area contributed by atoms with Crippen LogP contribution in [-0.4, -0.2) is 47.8 Å². The number of esters is 1. The molecule has 2 N–H and O–H groups in total. The first kappa shape index (κ1) is 23.7. The van der Waals surface area contributed by atoms with E-state index in [0.29, 0.717) is 5.69 Å². The second kappa shape index (κ2) is 10.6. The molecule has 0 fully saturated rings. The molecule has 0 bridgehead atoms. The Balaban J connectivity index is 1.76. The number of nitrogens with zero attached hydrogens (tertiary/aromatic N) is 1. The number of benzene rings is 3. The minimum absolute atomic E-state index is 0.119. The van der Waals surface area contributed by atoms with Gasteiger partial charge in [0.1, 0.15) is 0 Å². The number of carbonyl (C=O) groups excluding carboxylic acids is 4. The first-order chi connectivity index (χ1) is 17.0. The fourth-order valence-electron chi connectivity index (χ4n) is 3.86. The summed E-state index contributed by atoms with van der Waals surface area (Å²) in [4.78, 5) is 53.9. The number of hydrogen-bond acceptors (Lipinski definition) is 5. The Morgan fingerprint density at radius 3 is 2.09 bits per heavy atom. The molecule has 8 nitrogen and oxygen atoms in total. The quantitative estimate of drug-likeness (QED) is 0.569. The van der Waals surface area contributed by atoms with E-state index >= 15 is 0 Å². The Morgan fingerprint density at radius 2 is 1.40 bits per heavy atom. The highest BCUT2D eigenvalue weighted by atomic mass is 16.5. The number of nitrogens with one attached hydrogen (secondary N) is 2. The summed E-state index contributed by atoms with van der Waals surface area (Å²) in [6.45, 7) is 1.71. The topological polar surface area (TPSA) is 105 Å². The predicted octanol–water partition coefficient (Wildman–Crippen LogP) is 3.51. The Labute approximate surface area is 202 Å². The standard InChI is InChI=1S/C27H25N3O5/c1-2-30-17-24(31)28-21-14-8-6-12-19(21)25(32)29-22-15-9-7-13-20(22)27(34)35-23(26(30)33)16-18-10-4-3-5-11-18/h3-15,23H,2,16-17H2,1H3,(H,28,31)(H,29,32). The molecule has 0 saturated heterocycles. The van der Waals surface area contributed by atoms with Gasteiger partial charge in [-0.15, -0.1) is 0 Å². The summed E-state index contributed by atoms with van der Waals surface area (Å²) in [5, 5.41) is 5.45. The van der Waals surface area contributed by atoms with Crippen LogP contribution in [0.3, 0.4) is 0 Å². The molecule has 0 aliphatic carbocycles. The number of cyclic esters (lactones) is 1. The number of rotatable bonds is 3. The normalized spacial score (nSPS) is 16.8. The lowest BCUT2D eigenvalue weighted by Crippen LogP contribution is -2.46. The molecule has 0 radical (unpaired) electrons. The fraction of sp³-hybridized carbons (Fsp3) is 0.185. The number of hydrogen-bond donors (Lipinski definition) is 2. The van der Waals surface area contributed by atoms with Gasteiger partial charge in [0.05, 0.1) is 29.0 Å². The lowest BCUT2D eigenvalue weighted by atomic mass is 10.1. The highest BCUT2D eigenvalue weighted by Gasteiger charge is 2.30. The van der Waals surface area contributed by atoms with E-state index in [-0.39, 0.29) is 36.3 Å². The van der Waals surface area contributed by atoms with Gasteiger partial charge in [-0.25, -0.2) is 4.79 Å². The molecule has 8 heteroatoms. The van der Waals surface area contributed by atoms with Crippen molar-refractivity contribution in [1.82, 2.24) is 4.90 Å². The molecule has 3 amide bonds. The number of carbonyl (C=O) groups is 4. The molecular weight excluding hydrogens is 446 g/mol. The third-order valence-electron chi connectivity index (χ3n) is 5.66. The van der Waals surface area contributed by atoms with Crippen LogP contribution in [0.15, 0.2) is 78.9 Å². The van der Waals surface area contributed by atoms with Crippen LogP contribution in [0.1, 0.15) is 33.2 Å². The Hall–Kier alpha value is -4.46. The second-order valence-electron chi connectivity index (χ2n) is 8.03. The summed E-state index contributed by atoms with van der Waals surface area (Å²) in [5.41, 5.74) is 1.68. The van der Waals surface area contributed by atoms with Crippen LogP contribution in [0.25, 0.3) is 0 Å². The minimum Gasteiger partial charge on any atom is -0.448 e. The summed E-state index contributed by atoms with van der Waals surface area (Å²) in [6, 6.07) is 22.1. The number of ether oxygens (including phenoxy) is 1. The van der Waals surface area contributed by atoms with Crippen molar-refractivity contribution in [1.29, 1.82) is 0 Å². The zero-order valence-corrected chi connectivity index (χ0v) is 19.2. The average Bonchev–Trinajstić information content (AvgIpc) is 2.87. The van der Waals surface area contributed by atoms with Gasteiger partial charge in [-0.2, -0.15) is 0 Å². The maximum absolute atomic E-state index is 13.5. The molecule has 1 aliphatic heterocycles. The van der Waals surface area contributed by atoms with E-state index in [4.69, 9.17) is 4.74 Å². The average molecular weight is 472 g/mol. The summed E-state index contributed by atoms with van der Waals surface area (Å²) in [5.74, 6) is -2.20. The van der Waals surface area contributed by atoms with Crippen molar-refractivity contribution >= 4 is 35.1 Å². The number of anilines is 2. The molecule has 1 aliphatic rings. The van der Waals surface area contributed by atoms with Crippen LogP contribution in [-0.2, 0) is 20.7 Å². The van der Waals surface area contributed by atoms with Gasteiger partial charge in [-0.3, -0.25) is 14.4 Å². The van der Waals surface area contributed by atoms with Crippen LogP contribution in [0.4, 0.5) is 11.4 Å². The smallest absolute Gasteiger partial charge is 0.341 e. The van der Waals surface area contributed by atoms with Gasteiger partial charge in [-0.1, -0.05) is 54.6 Å². The zero-order valence-electron chi connectivity index (χ0n) is 19.2. The summed E-state index contributed by atoms with van der Waals surface area (Å²) >= 11 is 0. The van der Waals surface area contributed by atoms with Gasteiger partial charge >= 0.3 is 5.97 Å². The van der Waals surface area contributed by atoms with E-state index in [1.54, 1.807) is 49.4 Å². The van der Waals surface area contributed by atoms with E-state index in [9.17, 15) is 19.2 Å².